The molecule has 0 aliphatic carbocycles. The quantitative estimate of drug-likeness (QED) is 0.860. The van der Waals surface area contributed by atoms with Crippen molar-refractivity contribution in [3.63, 3.8) is 0 Å². The first-order chi connectivity index (χ1) is 8.49. The van der Waals surface area contributed by atoms with Crippen molar-refractivity contribution in [2.75, 3.05) is 11.1 Å². The van der Waals surface area contributed by atoms with E-state index in [2.05, 4.69) is 10.3 Å². The van der Waals surface area contributed by atoms with Crippen LogP contribution < -0.4 is 11.1 Å². The van der Waals surface area contributed by atoms with Crippen molar-refractivity contribution < 1.29 is 0 Å². The molecule has 0 bridgehead atoms. The van der Waals surface area contributed by atoms with Gasteiger partial charge in [0.1, 0.15) is 0 Å². The number of nitrogen functional groups attached to an aromatic ring is 1. The monoisotopic (exact) mass is 261 g/mol. The molecule has 4 heteroatoms. The molecular weight excluding hydrogens is 246 g/mol. The summed E-state index contributed by atoms with van der Waals surface area (Å²) in [5.41, 5.74) is 10.6. The van der Waals surface area contributed by atoms with Gasteiger partial charge in [0.05, 0.1) is 5.69 Å². The maximum atomic E-state index is 6.09. The fourth-order valence-corrected chi connectivity index (χ4v) is 1.99. The lowest BCUT2D eigenvalue weighted by molar-refractivity contribution is 1.18. The minimum atomic E-state index is 0.667. The molecule has 0 radical (unpaired) electrons. The average molecular weight is 262 g/mol. The highest BCUT2D eigenvalue weighted by Crippen LogP contribution is 2.29. The molecule has 0 saturated carbocycles. The number of anilines is 3. The summed E-state index contributed by atoms with van der Waals surface area (Å²) in [6.07, 6.45) is 0. The van der Waals surface area contributed by atoms with E-state index in [1.165, 1.54) is 0 Å². The van der Waals surface area contributed by atoms with Crippen molar-refractivity contribution in [2.24, 2.45) is 0 Å². The highest BCUT2D eigenvalue weighted by molar-refractivity contribution is 6.31. The summed E-state index contributed by atoms with van der Waals surface area (Å²) in [5.74, 6) is 0.679. The molecule has 0 atom stereocenters. The number of hydrogen-bond acceptors (Lipinski definition) is 3. The molecule has 0 aliphatic rings. The highest BCUT2D eigenvalue weighted by Gasteiger charge is 2.08. The Morgan fingerprint density at radius 3 is 2.67 bits per heavy atom. The molecule has 0 saturated heterocycles. The van der Waals surface area contributed by atoms with Gasteiger partial charge in [-0.15, -0.1) is 0 Å². The zero-order chi connectivity index (χ0) is 13.3. The van der Waals surface area contributed by atoms with Crippen LogP contribution in [0.15, 0.2) is 24.3 Å². The number of benzene rings is 1. The minimum Gasteiger partial charge on any atom is -0.396 e. The summed E-state index contributed by atoms with van der Waals surface area (Å²) < 4.78 is 0. The van der Waals surface area contributed by atoms with Gasteiger partial charge in [-0.2, -0.15) is 0 Å². The minimum absolute atomic E-state index is 0.667. The van der Waals surface area contributed by atoms with Gasteiger partial charge in [-0.05, 0) is 50.1 Å². The van der Waals surface area contributed by atoms with Crippen LogP contribution >= 0.6 is 11.6 Å². The Kier molecular flexibility index (Phi) is 3.43. The maximum absolute atomic E-state index is 6.09. The maximum Gasteiger partial charge on any atom is 0.154 e. The van der Waals surface area contributed by atoms with E-state index in [0.29, 0.717) is 11.5 Å². The molecule has 1 aromatic carbocycles. The van der Waals surface area contributed by atoms with Gasteiger partial charge in [0.15, 0.2) is 5.82 Å². The molecule has 0 fully saturated rings. The molecule has 0 unspecified atom stereocenters. The number of pyridine rings is 1. The smallest absolute Gasteiger partial charge is 0.154 e. The zero-order valence-corrected chi connectivity index (χ0v) is 11.5. The molecule has 0 aliphatic heterocycles. The summed E-state index contributed by atoms with van der Waals surface area (Å²) >= 11 is 6.09. The zero-order valence-electron chi connectivity index (χ0n) is 10.7. The van der Waals surface area contributed by atoms with E-state index in [4.69, 9.17) is 17.3 Å². The lowest BCUT2D eigenvalue weighted by atomic mass is 10.1. The van der Waals surface area contributed by atoms with Gasteiger partial charge < -0.3 is 11.1 Å². The van der Waals surface area contributed by atoms with Crippen LogP contribution in [0.5, 0.6) is 0 Å². The standard InChI is InChI=1S/C14H16ClN3/c1-8-7-9(2)17-14(13(8)16)18-12-6-4-5-11(15)10(12)3/h4-7H,16H2,1-3H3,(H,17,18). The van der Waals surface area contributed by atoms with Crippen LogP contribution in [0, 0.1) is 20.8 Å². The first-order valence-corrected chi connectivity index (χ1v) is 6.12. The molecule has 3 N–H and O–H groups in total. The van der Waals surface area contributed by atoms with Gasteiger partial charge in [0.2, 0.25) is 0 Å². The number of aryl methyl sites for hydroxylation is 2. The first-order valence-electron chi connectivity index (χ1n) is 5.75. The predicted octanol–water partition coefficient (Wildman–Crippen LogP) is 3.99. The molecule has 1 heterocycles. The Hall–Kier alpha value is -1.74. The fraction of sp³-hybridized carbons (Fsp3) is 0.214. The summed E-state index contributed by atoms with van der Waals surface area (Å²) in [7, 11) is 0. The fourth-order valence-electron chi connectivity index (χ4n) is 1.81. The molecule has 2 aromatic rings. The summed E-state index contributed by atoms with van der Waals surface area (Å²) in [5, 5.41) is 3.97. The van der Waals surface area contributed by atoms with Gasteiger partial charge in [0, 0.05) is 16.4 Å². The number of nitrogens with two attached hydrogens (primary N) is 1. The topological polar surface area (TPSA) is 50.9 Å². The van der Waals surface area contributed by atoms with Crippen molar-refractivity contribution in [1.29, 1.82) is 0 Å². The third-order valence-corrected chi connectivity index (χ3v) is 3.32. The number of halogens is 1. The molecule has 18 heavy (non-hydrogen) atoms. The van der Waals surface area contributed by atoms with E-state index in [1.54, 1.807) is 0 Å². The second kappa shape index (κ2) is 4.86. The Morgan fingerprint density at radius 1 is 1.22 bits per heavy atom. The summed E-state index contributed by atoms with van der Waals surface area (Å²) in [6.45, 7) is 5.88. The molecule has 0 spiro atoms. The molecule has 2 rings (SSSR count). The summed E-state index contributed by atoms with van der Waals surface area (Å²) in [4.78, 5) is 4.42. The number of hydrogen-bond donors (Lipinski definition) is 2. The van der Waals surface area contributed by atoms with Crippen LogP contribution in [0.2, 0.25) is 5.02 Å². The second-order valence-corrected chi connectivity index (χ2v) is 4.79. The molecule has 0 amide bonds. The Labute approximate surface area is 112 Å². The van der Waals surface area contributed by atoms with E-state index in [0.717, 1.165) is 27.5 Å². The Bertz CT molecular complexity index is 594. The third kappa shape index (κ3) is 2.41. The lowest BCUT2D eigenvalue weighted by Crippen LogP contribution is -2.03. The summed E-state index contributed by atoms with van der Waals surface area (Å²) in [6, 6.07) is 7.68. The molecule has 1 aromatic heterocycles. The normalized spacial score (nSPS) is 10.4. The number of nitrogens with one attached hydrogen (secondary N) is 1. The third-order valence-electron chi connectivity index (χ3n) is 2.91. The van der Waals surface area contributed by atoms with Crippen molar-refractivity contribution in [3.05, 3.63) is 46.1 Å². The van der Waals surface area contributed by atoms with Crippen LogP contribution in [0.1, 0.15) is 16.8 Å². The number of nitrogens with zero attached hydrogens (tertiary/aromatic N) is 1. The predicted molar refractivity (Wildman–Crippen MR) is 77.6 cm³/mol. The first kappa shape index (κ1) is 12.7. The number of rotatable bonds is 2. The largest absolute Gasteiger partial charge is 0.396 e. The van der Waals surface area contributed by atoms with Gasteiger partial charge in [-0.25, -0.2) is 4.98 Å². The van der Waals surface area contributed by atoms with Crippen LogP contribution in [0.25, 0.3) is 0 Å². The van der Waals surface area contributed by atoms with Gasteiger partial charge >= 0.3 is 0 Å². The van der Waals surface area contributed by atoms with Crippen molar-refractivity contribution in [2.45, 2.75) is 20.8 Å². The highest BCUT2D eigenvalue weighted by atomic mass is 35.5. The number of aromatic nitrogens is 1. The molecular formula is C14H16ClN3. The average Bonchev–Trinajstić information content (AvgIpc) is 2.31. The van der Waals surface area contributed by atoms with Crippen molar-refractivity contribution in [1.82, 2.24) is 4.98 Å². The molecule has 94 valence electrons. The van der Waals surface area contributed by atoms with Gasteiger partial charge in [-0.3, -0.25) is 0 Å². The van der Waals surface area contributed by atoms with Crippen LogP contribution in [0.3, 0.4) is 0 Å². The van der Waals surface area contributed by atoms with E-state index in [9.17, 15) is 0 Å². The Balaban J connectivity index is 2.43. The molecule has 3 nitrogen and oxygen atoms in total. The van der Waals surface area contributed by atoms with E-state index in [1.807, 2.05) is 45.0 Å². The van der Waals surface area contributed by atoms with Gasteiger partial charge in [-0.1, -0.05) is 17.7 Å². The van der Waals surface area contributed by atoms with Crippen molar-refractivity contribution >= 4 is 28.8 Å². The van der Waals surface area contributed by atoms with E-state index < -0.39 is 0 Å². The Morgan fingerprint density at radius 2 is 1.94 bits per heavy atom. The second-order valence-electron chi connectivity index (χ2n) is 4.38. The van der Waals surface area contributed by atoms with Crippen LogP contribution in [0.4, 0.5) is 17.2 Å². The van der Waals surface area contributed by atoms with Crippen molar-refractivity contribution in [3.8, 4) is 0 Å². The lowest BCUT2D eigenvalue weighted by Gasteiger charge is -2.13. The van der Waals surface area contributed by atoms with E-state index in [-0.39, 0.29) is 0 Å². The van der Waals surface area contributed by atoms with E-state index >= 15 is 0 Å². The van der Waals surface area contributed by atoms with Crippen LogP contribution in [-0.2, 0) is 0 Å². The van der Waals surface area contributed by atoms with Gasteiger partial charge in [0.25, 0.3) is 0 Å². The van der Waals surface area contributed by atoms with Crippen LogP contribution in [-0.4, -0.2) is 4.98 Å². The SMILES string of the molecule is Cc1cc(C)c(N)c(Nc2cccc(Cl)c2C)n1.